The first kappa shape index (κ1) is 14.5. The van der Waals surface area contributed by atoms with E-state index in [2.05, 4.69) is 39.7 Å². The van der Waals surface area contributed by atoms with Gasteiger partial charge in [0.2, 0.25) is 5.95 Å². The van der Waals surface area contributed by atoms with Gasteiger partial charge in [-0.15, -0.1) is 5.10 Å². The minimum atomic E-state index is -0.461. The topological polar surface area (TPSA) is 62.7 Å². The predicted octanol–water partition coefficient (Wildman–Crippen LogP) is 3.48. The predicted molar refractivity (Wildman–Crippen MR) is 77.8 cm³/mol. The van der Waals surface area contributed by atoms with E-state index in [-0.39, 0.29) is 5.02 Å². The molecular formula is C13H15ClFN5. The molecule has 2 aromatic rings. The third-order valence-electron chi connectivity index (χ3n) is 2.42. The third-order valence-corrected chi connectivity index (χ3v) is 2.71. The summed E-state index contributed by atoms with van der Waals surface area (Å²) >= 11 is 5.72. The molecule has 1 aromatic carbocycles. The highest BCUT2D eigenvalue weighted by atomic mass is 35.5. The normalized spacial score (nSPS) is 10.7. The molecule has 106 valence electrons. The number of halogens is 2. The van der Waals surface area contributed by atoms with Gasteiger partial charge in [0.15, 0.2) is 5.82 Å². The van der Waals surface area contributed by atoms with Crippen LogP contribution >= 0.6 is 11.6 Å². The zero-order valence-electron chi connectivity index (χ0n) is 11.2. The average molecular weight is 296 g/mol. The van der Waals surface area contributed by atoms with Crippen molar-refractivity contribution in [2.45, 2.75) is 13.8 Å². The van der Waals surface area contributed by atoms with Crippen LogP contribution in [0.1, 0.15) is 13.8 Å². The lowest BCUT2D eigenvalue weighted by atomic mass is 10.2. The van der Waals surface area contributed by atoms with E-state index < -0.39 is 5.82 Å². The first-order chi connectivity index (χ1) is 9.54. The van der Waals surface area contributed by atoms with Gasteiger partial charge in [-0.3, -0.25) is 0 Å². The smallest absolute Gasteiger partial charge is 0.244 e. The van der Waals surface area contributed by atoms with Gasteiger partial charge in [0.05, 0.1) is 11.2 Å². The molecule has 2 rings (SSSR count). The molecule has 0 amide bonds. The van der Waals surface area contributed by atoms with Gasteiger partial charge in [-0.25, -0.2) is 4.39 Å². The maximum atomic E-state index is 13.1. The van der Waals surface area contributed by atoms with Crippen molar-refractivity contribution in [1.29, 1.82) is 0 Å². The second kappa shape index (κ2) is 6.47. The molecule has 0 fully saturated rings. The molecule has 0 saturated carbocycles. The summed E-state index contributed by atoms with van der Waals surface area (Å²) in [5.74, 6) is 0.967. The van der Waals surface area contributed by atoms with E-state index in [1.54, 1.807) is 6.07 Å². The van der Waals surface area contributed by atoms with Gasteiger partial charge in [-0.05, 0) is 24.1 Å². The number of aromatic nitrogens is 3. The van der Waals surface area contributed by atoms with Crippen LogP contribution in [0.5, 0.6) is 0 Å². The molecule has 0 spiro atoms. The van der Waals surface area contributed by atoms with Gasteiger partial charge < -0.3 is 10.6 Å². The Morgan fingerprint density at radius 3 is 2.85 bits per heavy atom. The van der Waals surface area contributed by atoms with Crippen molar-refractivity contribution in [3.05, 3.63) is 35.2 Å². The Bertz CT molecular complexity index is 591. The lowest BCUT2D eigenvalue weighted by Gasteiger charge is -2.09. The average Bonchev–Trinajstić information content (AvgIpc) is 2.41. The SMILES string of the molecule is CC(C)CNc1nncc(Nc2ccc(F)c(Cl)c2)n1. The summed E-state index contributed by atoms with van der Waals surface area (Å²) in [7, 11) is 0. The molecule has 0 aliphatic carbocycles. The quantitative estimate of drug-likeness (QED) is 0.884. The number of rotatable bonds is 5. The summed E-state index contributed by atoms with van der Waals surface area (Å²) < 4.78 is 13.1. The number of nitrogens with one attached hydrogen (secondary N) is 2. The van der Waals surface area contributed by atoms with E-state index >= 15 is 0 Å². The molecule has 1 heterocycles. The molecule has 0 aliphatic rings. The van der Waals surface area contributed by atoms with Crippen LogP contribution < -0.4 is 10.6 Å². The van der Waals surface area contributed by atoms with Gasteiger partial charge in [-0.1, -0.05) is 25.4 Å². The molecule has 20 heavy (non-hydrogen) atoms. The fourth-order valence-corrected chi connectivity index (χ4v) is 1.64. The van der Waals surface area contributed by atoms with E-state index in [4.69, 9.17) is 11.6 Å². The second-order valence-electron chi connectivity index (χ2n) is 4.69. The van der Waals surface area contributed by atoms with Gasteiger partial charge >= 0.3 is 0 Å². The number of hydrogen-bond donors (Lipinski definition) is 2. The summed E-state index contributed by atoms with van der Waals surface area (Å²) in [5, 5.41) is 13.9. The summed E-state index contributed by atoms with van der Waals surface area (Å²) in [6.07, 6.45) is 1.48. The van der Waals surface area contributed by atoms with Crippen molar-refractivity contribution in [1.82, 2.24) is 15.2 Å². The molecule has 5 nitrogen and oxygen atoms in total. The van der Waals surface area contributed by atoms with Gasteiger partial charge in [0.1, 0.15) is 5.82 Å². The minimum absolute atomic E-state index is 0.0511. The minimum Gasteiger partial charge on any atom is -0.353 e. The Kier molecular flexibility index (Phi) is 4.68. The molecule has 0 radical (unpaired) electrons. The number of anilines is 3. The molecule has 0 saturated heterocycles. The van der Waals surface area contributed by atoms with Crippen LogP contribution in [0.4, 0.5) is 21.8 Å². The van der Waals surface area contributed by atoms with Crippen LogP contribution in [-0.4, -0.2) is 21.7 Å². The van der Waals surface area contributed by atoms with Crippen LogP contribution in [0.3, 0.4) is 0 Å². The van der Waals surface area contributed by atoms with Gasteiger partial charge in [0, 0.05) is 12.2 Å². The second-order valence-corrected chi connectivity index (χ2v) is 5.10. The van der Waals surface area contributed by atoms with Crippen molar-refractivity contribution >= 4 is 29.1 Å². The van der Waals surface area contributed by atoms with E-state index in [0.29, 0.717) is 23.4 Å². The maximum Gasteiger partial charge on any atom is 0.244 e. The van der Waals surface area contributed by atoms with Gasteiger partial charge in [0.25, 0.3) is 0 Å². The lowest BCUT2D eigenvalue weighted by molar-refractivity contribution is 0.628. The van der Waals surface area contributed by atoms with Crippen LogP contribution in [-0.2, 0) is 0 Å². The van der Waals surface area contributed by atoms with Crippen LogP contribution in [0.2, 0.25) is 5.02 Å². The van der Waals surface area contributed by atoms with E-state index in [1.165, 1.54) is 18.3 Å². The summed E-state index contributed by atoms with van der Waals surface area (Å²) in [6, 6.07) is 4.35. The summed E-state index contributed by atoms with van der Waals surface area (Å²) in [4.78, 5) is 4.26. The standard InChI is InChI=1S/C13H15ClFN5/c1-8(2)6-16-13-19-12(7-17-20-13)18-9-3-4-11(15)10(14)5-9/h3-5,7-8H,6H2,1-2H3,(H2,16,18,19,20). The highest BCUT2D eigenvalue weighted by Crippen LogP contribution is 2.21. The van der Waals surface area contributed by atoms with Crippen LogP contribution in [0.15, 0.2) is 24.4 Å². The maximum absolute atomic E-state index is 13.1. The molecule has 0 unspecified atom stereocenters. The molecule has 7 heteroatoms. The number of benzene rings is 1. The number of nitrogens with zero attached hydrogens (tertiary/aromatic N) is 3. The van der Waals surface area contributed by atoms with Crippen LogP contribution in [0, 0.1) is 11.7 Å². The molecule has 0 aliphatic heterocycles. The van der Waals surface area contributed by atoms with Gasteiger partial charge in [-0.2, -0.15) is 10.1 Å². The van der Waals surface area contributed by atoms with Crippen molar-refractivity contribution in [3.63, 3.8) is 0 Å². The zero-order valence-corrected chi connectivity index (χ0v) is 11.9. The summed E-state index contributed by atoms with van der Waals surface area (Å²) in [5.41, 5.74) is 0.631. The fraction of sp³-hybridized carbons (Fsp3) is 0.308. The van der Waals surface area contributed by atoms with Crippen molar-refractivity contribution in [2.75, 3.05) is 17.2 Å². The first-order valence-electron chi connectivity index (χ1n) is 6.20. The Hall–Kier alpha value is -1.95. The highest BCUT2D eigenvalue weighted by Gasteiger charge is 2.04. The largest absolute Gasteiger partial charge is 0.353 e. The fourth-order valence-electron chi connectivity index (χ4n) is 1.46. The van der Waals surface area contributed by atoms with Crippen molar-refractivity contribution < 1.29 is 4.39 Å². The zero-order chi connectivity index (χ0) is 14.5. The van der Waals surface area contributed by atoms with E-state index in [9.17, 15) is 4.39 Å². The van der Waals surface area contributed by atoms with Crippen molar-refractivity contribution in [3.8, 4) is 0 Å². The number of hydrogen-bond acceptors (Lipinski definition) is 5. The molecular weight excluding hydrogens is 281 g/mol. The Balaban J connectivity index is 2.08. The molecule has 1 aromatic heterocycles. The lowest BCUT2D eigenvalue weighted by Crippen LogP contribution is -2.11. The molecule has 2 N–H and O–H groups in total. The molecule has 0 bridgehead atoms. The highest BCUT2D eigenvalue weighted by molar-refractivity contribution is 6.31. The first-order valence-corrected chi connectivity index (χ1v) is 6.58. The third kappa shape index (κ3) is 4.03. The monoisotopic (exact) mass is 295 g/mol. The Labute approximate surface area is 121 Å². The Morgan fingerprint density at radius 1 is 1.35 bits per heavy atom. The van der Waals surface area contributed by atoms with Crippen molar-refractivity contribution in [2.24, 2.45) is 5.92 Å². The molecule has 0 atom stereocenters. The van der Waals surface area contributed by atoms with E-state index in [0.717, 1.165) is 6.54 Å². The van der Waals surface area contributed by atoms with E-state index in [1.807, 2.05) is 0 Å². The Morgan fingerprint density at radius 2 is 2.15 bits per heavy atom. The summed E-state index contributed by atoms with van der Waals surface area (Å²) in [6.45, 7) is 4.93. The van der Waals surface area contributed by atoms with Crippen LogP contribution in [0.25, 0.3) is 0 Å².